The minimum Gasteiger partial charge on any atom is -0.478 e. The van der Waals surface area contributed by atoms with Crippen LogP contribution in [0.1, 0.15) is 25.8 Å². The predicted octanol–water partition coefficient (Wildman–Crippen LogP) is 2.28. The molecule has 2 aromatic heterocycles. The van der Waals surface area contributed by atoms with Crippen LogP contribution in [-0.4, -0.2) is 38.5 Å². The number of rotatable bonds is 5. The third-order valence-electron chi connectivity index (χ3n) is 2.68. The molecule has 0 radical (unpaired) electrons. The standard InChI is InChI=1S/C13H13N3O3S2/c1-8-12(21-15-14-8)13(19)16(2)6-10-5-9(7-20-10)3-4-11(17)18/h3-5,7H,6H2,1-2H3,(H,17,18). The van der Waals surface area contributed by atoms with Crippen LogP contribution >= 0.6 is 22.9 Å². The fourth-order valence-corrected chi connectivity index (χ4v) is 3.20. The fourth-order valence-electron chi connectivity index (χ4n) is 1.64. The van der Waals surface area contributed by atoms with Gasteiger partial charge in [-0.3, -0.25) is 4.79 Å². The molecule has 110 valence electrons. The Morgan fingerprint density at radius 2 is 2.24 bits per heavy atom. The van der Waals surface area contributed by atoms with E-state index in [9.17, 15) is 9.59 Å². The molecule has 0 bridgehead atoms. The highest BCUT2D eigenvalue weighted by atomic mass is 32.1. The lowest BCUT2D eigenvalue weighted by molar-refractivity contribution is -0.131. The van der Waals surface area contributed by atoms with Gasteiger partial charge in [0.1, 0.15) is 4.88 Å². The van der Waals surface area contributed by atoms with E-state index in [0.29, 0.717) is 17.1 Å². The molecule has 0 saturated heterocycles. The molecule has 21 heavy (non-hydrogen) atoms. The van der Waals surface area contributed by atoms with Crippen molar-refractivity contribution in [2.45, 2.75) is 13.5 Å². The maximum atomic E-state index is 12.2. The number of nitrogens with zero attached hydrogens (tertiary/aromatic N) is 3. The molecule has 6 nitrogen and oxygen atoms in total. The molecule has 0 atom stereocenters. The molecule has 2 rings (SSSR count). The Balaban J connectivity index is 2.03. The highest BCUT2D eigenvalue weighted by Crippen LogP contribution is 2.19. The number of aromatic nitrogens is 2. The summed E-state index contributed by atoms with van der Waals surface area (Å²) in [5, 5.41) is 14.3. The number of thiophene rings is 1. The molecule has 8 heteroatoms. The molecule has 2 aromatic rings. The lowest BCUT2D eigenvalue weighted by Crippen LogP contribution is -2.25. The number of amides is 1. The van der Waals surface area contributed by atoms with Crippen LogP contribution in [0.25, 0.3) is 6.08 Å². The zero-order valence-electron chi connectivity index (χ0n) is 11.4. The highest BCUT2D eigenvalue weighted by molar-refractivity contribution is 7.10. The molecule has 0 spiro atoms. The second-order valence-corrected chi connectivity index (χ2v) is 6.12. The number of carboxylic acids is 1. The number of hydrogen-bond donors (Lipinski definition) is 1. The summed E-state index contributed by atoms with van der Waals surface area (Å²) in [5.41, 5.74) is 1.45. The Morgan fingerprint density at radius 1 is 1.48 bits per heavy atom. The van der Waals surface area contributed by atoms with E-state index in [-0.39, 0.29) is 5.91 Å². The van der Waals surface area contributed by atoms with Crippen molar-refractivity contribution < 1.29 is 14.7 Å². The first-order valence-corrected chi connectivity index (χ1v) is 7.65. The van der Waals surface area contributed by atoms with E-state index in [2.05, 4.69) is 9.59 Å². The van der Waals surface area contributed by atoms with Crippen molar-refractivity contribution in [3.63, 3.8) is 0 Å². The van der Waals surface area contributed by atoms with Crippen molar-refractivity contribution in [3.05, 3.63) is 38.5 Å². The third-order valence-corrected chi connectivity index (χ3v) is 4.43. The Morgan fingerprint density at radius 3 is 2.86 bits per heavy atom. The van der Waals surface area contributed by atoms with Crippen molar-refractivity contribution in [1.82, 2.24) is 14.5 Å². The molecule has 0 saturated carbocycles. The van der Waals surface area contributed by atoms with Crippen LogP contribution in [0.3, 0.4) is 0 Å². The smallest absolute Gasteiger partial charge is 0.328 e. The second-order valence-electron chi connectivity index (χ2n) is 4.37. The number of aryl methyl sites for hydroxylation is 1. The normalized spacial score (nSPS) is 11.0. The molecule has 1 amide bonds. The lowest BCUT2D eigenvalue weighted by Gasteiger charge is -2.14. The Kier molecular flexibility index (Phi) is 4.81. The number of aliphatic carboxylic acids is 1. The van der Waals surface area contributed by atoms with Gasteiger partial charge in [0.15, 0.2) is 0 Å². The zero-order valence-corrected chi connectivity index (χ0v) is 13.1. The molecular weight excluding hydrogens is 310 g/mol. The first kappa shape index (κ1) is 15.3. The summed E-state index contributed by atoms with van der Waals surface area (Å²) in [6, 6.07) is 1.87. The van der Waals surface area contributed by atoms with Gasteiger partial charge in [-0.25, -0.2) is 4.79 Å². The van der Waals surface area contributed by atoms with E-state index in [1.807, 2.05) is 11.4 Å². The SMILES string of the molecule is Cc1nnsc1C(=O)N(C)Cc1cc(C=CC(=O)O)cs1. The molecule has 0 aliphatic carbocycles. The van der Waals surface area contributed by atoms with Crippen LogP contribution in [0, 0.1) is 6.92 Å². The van der Waals surface area contributed by atoms with Crippen LogP contribution in [0.2, 0.25) is 0 Å². The van der Waals surface area contributed by atoms with Gasteiger partial charge < -0.3 is 10.0 Å². The summed E-state index contributed by atoms with van der Waals surface area (Å²) >= 11 is 2.57. The monoisotopic (exact) mass is 323 g/mol. The summed E-state index contributed by atoms with van der Waals surface area (Å²) in [7, 11) is 1.72. The average Bonchev–Trinajstić information content (AvgIpc) is 3.04. The number of carbonyl (C=O) groups is 2. The summed E-state index contributed by atoms with van der Waals surface area (Å²) in [5.74, 6) is -1.10. The van der Waals surface area contributed by atoms with E-state index < -0.39 is 5.97 Å². The van der Waals surface area contributed by atoms with E-state index in [4.69, 9.17) is 5.11 Å². The molecule has 0 unspecified atom stereocenters. The number of carboxylic acid groups (broad SMARTS) is 1. The first-order valence-electron chi connectivity index (χ1n) is 6.00. The average molecular weight is 323 g/mol. The number of hydrogen-bond acceptors (Lipinski definition) is 6. The molecule has 1 N–H and O–H groups in total. The first-order chi connectivity index (χ1) is 9.97. The fraction of sp³-hybridized carbons (Fsp3) is 0.231. The van der Waals surface area contributed by atoms with Gasteiger partial charge in [-0.15, -0.1) is 16.4 Å². The van der Waals surface area contributed by atoms with Gasteiger partial charge in [0.25, 0.3) is 5.91 Å². The van der Waals surface area contributed by atoms with E-state index in [0.717, 1.165) is 28.0 Å². The van der Waals surface area contributed by atoms with Gasteiger partial charge in [-0.05, 0) is 41.5 Å². The van der Waals surface area contributed by atoms with Gasteiger partial charge in [-0.1, -0.05) is 4.49 Å². The number of carbonyl (C=O) groups excluding carboxylic acids is 1. The topological polar surface area (TPSA) is 83.4 Å². The third kappa shape index (κ3) is 3.96. The molecule has 0 fully saturated rings. The van der Waals surface area contributed by atoms with Crippen LogP contribution < -0.4 is 0 Å². The quantitative estimate of drug-likeness (QED) is 0.854. The van der Waals surface area contributed by atoms with Crippen molar-refractivity contribution >= 4 is 40.8 Å². The van der Waals surface area contributed by atoms with Gasteiger partial charge in [0.05, 0.1) is 12.2 Å². The zero-order chi connectivity index (χ0) is 15.4. The van der Waals surface area contributed by atoms with Crippen LogP contribution in [0.5, 0.6) is 0 Å². The van der Waals surface area contributed by atoms with Crippen LogP contribution in [-0.2, 0) is 11.3 Å². The minimum atomic E-state index is -0.983. The Labute approximate surface area is 129 Å². The lowest BCUT2D eigenvalue weighted by atomic mass is 10.2. The van der Waals surface area contributed by atoms with Crippen molar-refractivity contribution in [2.75, 3.05) is 7.05 Å². The second kappa shape index (κ2) is 6.59. The molecule has 0 aliphatic rings. The van der Waals surface area contributed by atoms with Crippen molar-refractivity contribution in [2.24, 2.45) is 0 Å². The summed E-state index contributed by atoms with van der Waals surface area (Å²) in [6.07, 6.45) is 2.62. The maximum absolute atomic E-state index is 12.2. The van der Waals surface area contributed by atoms with E-state index in [1.165, 1.54) is 17.4 Å². The minimum absolute atomic E-state index is 0.112. The van der Waals surface area contributed by atoms with Gasteiger partial charge in [0.2, 0.25) is 0 Å². The Bertz CT molecular complexity index is 690. The van der Waals surface area contributed by atoms with E-state index >= 15 is 0 Å². The highest BCUT2D eigenvalue weighted by Gasteiger charge is 2.18. The van der Waals surface area contributed by atoms with Gasteiger partial charge in [0, 0.05) is 18.0 Å². The molecule has 0 aliphatic heterocycles. The summed E-state index contributed by atoms with van der Waals surface area (Å²) < 4.78 is 3.76. The molecular formula is C13H13N3O3S2. The van der Waals surface area contributed by atoms with E-state index in [1.54, 1.807) is 18.9 Å². The summed E-state index contributed by atoms with van der Waals surface area (Å²) in [6.45, 7) is 2.21. The summed E-state index contributed by atoms with van der Waals surface area (Å²) in [4.78, 5) is 25.8. The Hall–Kier alpha value is -2.06. The maximum Gasteiger partial charge on any atom is 0.328 e. The van der Waals surface area contributed by atoms with Crippen LogP contribution in [0.15, 0.2) is 17.5 Å². The largest absolute Gasteiger partial charge is 0.478 e. The van der Waals surface area contributed by atoms with Crippen LogP contribution in [0.4, 0.5) is 0 Å². The van der Waals surface area contributed by atoms with Gasteiger partial charge >= 0.3 is 5.97 Å². The predicted molar refractivity (Wildman–Crippen MR) is 81.4 cm³/mol. The van der Waals surface area contributed by atoms with Crippen molar-refractivity contribution in [3.8, 4) is 0 Å². The molecule has 2 heterocycles. The van der Waals surface area contributed by atoms with Gasteiger partial charge in [-0.2, -0.15) is 0 Å². The van der Waals surface area contributed by atoms with Crippen molar-refractivity contribution in [1.29, 1.82) is 0 Å². The molecule has 0 aromatic carbocycles.